The highest BCUT2D eigenvalue weighted by molar-refractivity contribution is 7.99. The molecule has 1 aliphatic carbocycles. The lowest BCUT2D eigenvalue weighted by molar-refractivity contribution is 0.167. The number of oxazole rings is 1. The van der Waals surface area contributed by atoms with E-state index >= 15 is 0 Å². The van der Waals surface area contributed by atoms with E-state index in [1.807, 2.05) is 24.3 Å². The average molecular weight is 292 g/mol. The monoisotopic (exact) mass is 292 g/mol. The zero-order chi connectivity index (χ0) is 14.0. The molecule has 1 heterocycles. The van der Waals surface area contributed by atoms with Crippen LogP contribution >= 0.6 is 11.8 Å². The molecule has 20 heavy (non-hydrogen) atoms. The number of aliphatic hydroxyl groups is 1. The van der Waals surface area contributed by atoms with Crippen LogP contribution in [0.15, 0.2) is 33.9 Å². The van der Waals surface area contributed by atoms with Gasteiger partial charge in [0.2, 0.25) is 0 Å². The first kappa shape index (κ1) is 13.9. The summed E-state index contributed by atoms with van der Waals surface area (Å²) in [5, 5.41) is 14.3. The number of nitrogens with one attached hydrogen (secondary N) is 1. The van der Waals surface area contributed by atoms with Crippen LogP contribution in [-0.2, 0) is 0 Å². The maximum absolute atomic E-state index is 9.64. The molecule has 108 valence electrons. The second-order valence-electron chi connectivity index (χ2n) is 5.40. The summed E-state index contributed by atoms with van der Waals surface area (Å²) in [6, 6.07) is 7.84. The Morgan fingerprint density at radius 2 is 2.35 bits per heavy atom. The van der Waals surface area contributed by atoms with Crippen molar-refractivity contribution in [3.05, 3.63) is 24.3 Å². The average Bonchev–Trinajstić information content (AvgIpc) is 3.04. The summed E-state index contributed by atoms with van der Waals surface area (Å²) < 4.78 is 5.76. The summed E-state index contributed by atoms with van der Waals surface area (Å²) in [6.45, 7) is 3.17. The molecule has 0 saturated heterocycles. The third kappa shape index (κ3) is 2.71. The second kappa shape index (κ2) is 5.76. The van der Waals surface area contributed by atoms with E-state index in [1.165, 1.54) is 0 Å². The Hall–Kier alpha value is -1.04. The van der Waals surface area contributed by atoms with Gasteiger partial charge in [0.05, 0.1) is 6.61 Å². The number of fused-ring (bicyclic) bond motifs is 1. The number of nitrogens with zero attached hydrogens (tertiary/aromatic N) is 1. The fourth-order valence-electron chi connectivity index (χ4n) is 2.96. The Morgan fingerprint density at radius 1 is 1.50 bits per heavy atom. The highest BCUT2D eigenvalue weighted by Crippen LogP contribution is 2.40. The molecule has 2 unspecified atom stereocenters. The molecule has 0 aliphatic heterocycles. The third-order valence-corrected chi connectivity index (χ3v) is 5.07. The van der Waals surface area contributed by atoms with Crippen LogP contribution in [0.1, 0.15) is 26.2 Å². The number of thioether (sulfide) groups is 1. The number of benzene rings is 1. The minimum atomic E-state index is -0.113. The van der Waals surface area contributed by atoms with Crippen LogP contribution < -0.4 is 5.32 Å². The van der Waals surface area contributed by atoms with Gasteiger partial charge in [-0.3, -0.25) is 0 Å². The van der Waals surface area contributed by atoms with Crippen molar-refractivity contribution in [1.82, 2.24) is 10.3 Å². The van der Waals surface area contributed by atoms with Crippen LogP contribution in [0, 0.1) is 0 Å². The molecule has 2 N–H and O–H groups in total. The zero-order valence-corrected chi connectivity index (χ0v) is 12.4. The van der Waals surface area contributed by atoms with E-state index in [-0.39, 0.29) is 12.1 Å². The van der Waals surface area contributed by atoms with Crippen LogP contribution in [0.4, 0.5) is 0 Å². The molecule has 0 amide bonds. The summed E-state index contributed by atoms with van der Waals surface area (Å²) in [5.74, 6) is 0. The molecule has 1 saturated carbocycles. The fourth-order valence-corrected chi connectivity index (χ4v) is 4.17. The largest absolute Gasteiger partial charge is 0.431 e. The van der Waals surface area contributed by atoms with Gasteiger partial charge in [0.25, 0.3) is 5.22 Å². The normalized spacial score (nSPS) is 26.4. The summed E-state index contributed by atoms with van der Waals surface area (Å²) in [6.07, 6.45) is 3.05. The highest BCUT2D eigenvalue weighted by atomic mass is 32.2. The summed E-state index contributed by atoms with van der Waals surface area (Å²) >= 11 is 1.69. The van der Waals surface area contributed by atoms with E-state index in [0.717, 1.165) is 42.1 Å². The predicted octanol–water partition coefficient (Wildman–Crippen LogP) is 2.81. The van der Waals surface area contributed by atoms with E-state index in [9.17, 15) is 5.11 Å². The minimum Gasteiger partial charge on any atom is -0.431 e. The molecule has 4 nitrogen and oxygen atoms in total. The van der Waals surface area contributed by atoms with E-state index in [1.54, 1.807) is 11.8 Å². The molecule has 1 fully saturated rings. The Kier molecular flexibility index (Phi) is 4.01. The molecule has 0 spiro atoms. The molecule has 1 aliphatic rings. The van der Waals surface area contributed by atoms with Gasteiger partial charge in [-0.2, -0.15) is 0 Å². The maximum atomic E-state index is 9.64. The number of hydrogen-bond acceptors (Lipinski definition) is 5. The quantitative estimate of drug-likeness (QED) is 0.887. The van der Waals surface area contributed by atoms with Crippen molar-refractivity contribution in [2.45, 2.75) is 42.2 Å². The van der Waals surface area contributed by atoms with Crippen LogP contribution in [0.3, 0.4) is 0 Å². The van der Waals surface area contributed by atoms with E-state index in [0.29, 0.717) is 5.25 Å². The van der Waals surface area contributed by atoms with Gasteiger partial charge in [-0.15, -0.1) is 0 Å². The van der Waals surface area contributed by atoms with E-state index in [2.05, 4.69) is 17.2 Å². The van der Waals surface area contributed by atoms with Crippen molar-refractivity contribution in [2.75, 3.05) is 13.2 Å². The maximum Gasteiger partial charge on any atom is 0.257 e. The SMILES string of the molecule is CCNC1(CO)CCC(Sc2nc3ccccc3o2)C1. The lowest BCUT2D eigenvalue weighted by atomic mass is 9.99. The molecule has 1 aromatic heterocycles. The smallest absolute Gasteiger partial charge is 0.257 e. The van der Waals surface area contributed by atoms with Gasteiger partial charge in [-0.1, -0.05) is 30.8 Å². The van der Waals surface area contributed by atoms with Gasteiger partial charge in [0.15, 0.2) is 5.58 Å². The number of rotatable bonds is 5. The Morgan fingerprint density at radius 3 is 3.10 bits per heavy atom. The number of aromatic nitrogens is 1. The van der Waals surface area contributed by atoms with Crippen molar-refractivity contribution < 1.29 is 9.52 Å². The van der Waals surface area contributed by atoms with E-state index < -0.39 is 0 Å². The predicted molar refractivity (Wildman–Crippen MR) is 81.0 cm³/mol. The zero-order valence-electron chi connectivity index (χ0n) is 11.6. The molecule has 0 bridgehead atoms. The van der Waals surface area contributed by atoms with Gasteiger partial charge < -0.3 is 14.8 Å². The number of likely N-dealkylation sites (N-methyl/N-ethyl adjacent to an activating group) is 1. The number of para-hydroxylation sites is 2. The standard InChI is InChI=1S/C15H20N2O2S/c1-2-16-15(10-18)8-7-11(9-15)20-14-17-12-5-3-4-6-13(12)19-14/h3-6,11,16,18H,2,7-10H2,1H3. The second-order valence-corrected chi connectivity index (χ2v) is 6.65. The summed E-state index contributed by atoms with van der Waals surface area (Å²) in [5.41, 5.74) is 1.64. The number of hydrogen-bond donors (Lipinski definition) is 2. The molecule has 0 radical (unpaired) electrons. The van der Waals surface area contributed by atoms with Crippen LogP contribution in [0.25, 0.3) is 11.1 Å². The Bertz CT molecular complexity index is 553. The van der Waals surface area contributed by atoms with Crippen molar-refractivity contribution in [1.29, 1.82) is 0 Å². The van der Waals surface area contributed by atoms with Crippen molar-refractivity contribution in [2.24, 2.45) is 0 Å². The Labute approximate surface area is 123 Å². The van der Waals surface area contributed by atoms with Crippen LogP contribution in [0.2, 0.25) is 0 Å². The van der Waals surface area contributed by atoms with Crippen molar-refractivity contribution >= 4 is 22.9 Å². The lowest BCUT2D eigenvalue weighted by Crippen LogP contribution is -2.46. The van der Waals surface area contributed by atoms with Gasteiger partial charge in [-0.05, 0) is 37.9 Å². The van der Waals surface area contributed by atoms with Crippen LogP contribution in [-0.4, -0.2) is 34.0 Å². The first-order chi connectivity index (χ1) is 9.74. The van der Waals surface area contributed by atoms with Gasteiger partial charge >= 0.3 is 0 Å². The molecule has 5 heteroatoms. The van der Waals surface area contributed by atoms with Crippen LogP contribution in [0.5, 0.6) is 0 Å². The topological polar surface area (TPSA) is 58.3 Å². The molecule has 1 aromatic carbocycles. The molecule has 2 atom stereocenters. The summed E-state index contributed by atoms with van der Waals surface area (Å²) in [7, 11) is 0. The molecular weight excluding hydrogens is 272 g/mol. The first-order valence-electron chi connectivity index (χ1n) is 7.13. The minimum absolute atomic E-state index is 0.113. The molecular formula is C15H20N2O2S. The summed E-state index contributed by atoms with van der Waals surface area (Å²) in [4.78, 5) is 4.51. The van der Waals surface area contributed by atoms with Crippen molar-refractivity contribution in [3.63, 3.8) is 0 Å². The molecule has 2 aromatic rings. The van der Waals surface area contributed by atoms with Crippen molar-refractivity contribution in [3.8, 4) is 0 Å². The number of aliphatic hydroxyl groups excluding tert-OH is 1. The third-order valence-electron chi connectivity index (χ3n) is 3.96. The fraction of sp³-hybridized carbons (Fsp3) is 0.533. The lowest BCUT2D eigenvalue weighted by Gasteiger charge is -2.27. The molecule has 3 rings (SSSR count). The van der Waals surface area contributed by atoms with Gasteiger partial charge in [-0.25, -0.2) is 4.98 Å². The van der Waals surface area contributed by atoms with Gasteiger partial charge in [0, 0.05) is 10.8 Å². The Balaban J connectivity index is 1.69. The van der Waals surface area contributed by atoms with E-state index in [4.69, 9.17) is 4.42 Å². The first-order valence-corrected chi connectivity index (χ1v) is 8.01. The van der Waals surface area contributed by atoms with Gasteiger partial charge in [0.1, 0.15) is 5.52 Å². The highest BCUT2D eigenvalue weighted by Gasteiger charge is 2.38.